The highest BCUT2D eigenvalue weighted by atomic mass is 35.6. The predicted octanol–water partition coefficient (Wildman–Crippen LogP) is 4.82. The van der Waals surface area contributed by atoms with Gasteiger partial charge in [-0.05, 0) is 30.4 Å². The molecule has 0 N–H and O–H groups in total. The van der Waals surface area contributed by atoms with E-state index in [-0.39, 0.29) is 6.61 Å². The van der Waals surface area contributed by atoms with E-state index in [1.165, 1.54) is 0 Å². The molecule has 0 spiro atoms. The average molecular weight is 362 g/mol. The van der Waals surface area contributed by atoms with Crippen LogP contribution in [0.5, 0.6) is 0 Å². The van der Waals surface area contributed by atoms with Gasteiger partial charge < -0.3 is 9.05 Å². The molecule has 1 atom stereocenters. The summed E-state index contributed by atoms with van der Waals surface area (Å²) in [6.45, 7) is -0.0801. The molecule has 7 heteroatoms. The zero-order valence-corrected chi connectivity index (χ0v) is 14.5. The Bertz CT molecular complexity index is 423. The van der Waals surface area contributed by atoms with Crippen LogP contribution < -0.4 is 5.30 Å². The van der Waals surface area contributed by atoms with Crippen LogP contribution in [-0.2, 0) is 20.9 Å². The quantitative estimate of drug-likeness (QED) is 0.394. The fourth-order valence-corrected chi connectivity index (χ4v) is 4.07. The summed E-state index contributed by atoms with van der Waals surface area (Å²) in [7, 11) is 0. The summed E-state index contributed by atoms with van der Waals surface area (Å²) in [6.07, 6.45) is 1.94. The number of benzene rings is 1. The van der Waals surface area contributed by atoms with Gasteiger partial charge in [0.15, 0.2) is 0 Å². The van der Waals surface area contributed by atoms with Gasteiger partial charge in [-0.1, -0.05) is 66.3 Å². The minimum absolute atomic E-state index is 0.0873. The lowest BCUT2D eigenvalue weighted by molar-refractivity contribution is 0.254. The Balaban J connectivity index is 2.81. The van der Waals surface area contributed by atoms with Gasteiger partial charge in [-0.25, -0.2) is 0 Å². The fraction of sp³-hybridized carbons (Fsp3) is 0.500. The van der Waals surface area contributed by atoms with Crippen molar-refractivity contribution in [2.24, 2.45) is 0 Å². The summed E-state index contributed by atoms with van der Waals surface area (Å²) in [5, 5.41) is 0.829. The van der Waals surface area contributed by atoms with Crippen molar-refractivity contribution < 1.29 is 9.05 Å². The molecule has 0 aromatic heterocycles. The number of unbranched alkanes of at least 4 members (excludes halogenated alkanes) is 1. The van der Waals surface area contributed by atoms with Crippen LogP contribution in [0.25, 0.3) is 0 Å². The third-order valence-corrected chi connectivity index (χ3v) is 5.74. The van der Waals surface area contributed by atoms with Gasteiger partial charge in [0.05, 0.1) is 6.61 Å². The van der Waals surface area contributed by atoms with Gasteiger partial charge in [0.2, 0.25) is 10.3 Å². The van der Waals surface area contributed by atoms with Crippen molar-refractivity contribution in [1.29, 1.82) is 0 Å². The normalized spacial score (nSPS) is 15.2. The van der Waals surface area contributed by atoms with E-state index in [0.29, 0.717) is 6.61 Å². The van der Waals surface area contributed by atoms with E-state index in [1.54, 1.807) is 0 Å². The van der Waals surface area contributed by atoms with Crippen molar-refractivity contribution in [3.63, 3.8) is 0 Å². The number of rotatable bonds is 7. The molecule has 1 rings (SSSR count). The highest BCUT2D eigenvalue weighted by Crippen LogP contribution is 2.49. The van der Waals surface area contributed by atoms with Crippen LogP contribution in [0.4, 0.5) is 0 Å². The van der Waals surface area contributed by atoms with E-state index in [0.717, 1.165) is 18.1 Å². The summed E-state index contributed by atoms with van der Waals surface area (Å²) < 4.78 is 9.92. The molecular weight excluding hydrogens is 346 g/mol. The molecule has 0 aliphatic carbocycles. The Morgan fingerprint density at radius 3 is 2.32 bits per heavy atom. The second-order valence-corrected chi connectivity index (χ2v) is 9.89. The summed E-state index contributed by atoms with van der Waals surface area (Å²) in [5.74, 6) is 0. The van der Waals surface area contributed by atoms with E-state index >= 15 is 0 Å². The number of alkyl halides is 3. The van der Waals surface area contributed by atoms with Crippen LogP contribution in [0.3, 0.4) is 0 Å². The van der Waals surface area contributed by atoms with Gasteiger partial charge in [-0.3, -0.25) is 0 Å². The molecule has 2 nitrogen and oxygen atoms in total. The van der Waals surface area contributed by atoms with Crippen LogP contribution in [0.1, 0.15) is 19.8 Å². The molecule has 0 aliphatic rings. The molecule has 0 amide bonds. The molecular formula is C12H16Cl3O2PS. The van der Waals surface area contributed by atoms with Gasteiger partial charge in [0.1, 0.15) is 6.61 Å². The number of halogens is 3. The zero-order valence-electron chi connectivity index (χ0n) is 10.5. The van der Waals surface area contributed by atoms with Gasteiger partial charge in [-0.2, -0.15) is 0 Å². The average Bonchev–Trinajstić information content (AvgIpc) is 2.37. The molecule has 0 fully saturated rings. The van der Waals surface area contributed by atoms with E-state index in [9.17, 15) is 0 Å². The number of hydrogen-bond donors (Lipinski definition) is 0. The first kappa shape index (κ1) is 17.7. The highest BCUT2D eigenvalue weighted by molar-refractivity contribution is 8.13. The minimum atomic E-state index is -2.62. The highest BCUT2D eigenvalue weighted by Gasteiger charge is 2.28. The van der Waals surface area contributed by atoms with Crippen LogP contribution in [0.2, 0.25) is 0 Å². The van der Waals surface area contributed by atoms with Gasteiger partial charge in [-0.15, -0.1) is 0 Å². The standard InChI is InChI=1S/C12H16Cl3O2PS/c1-2-3-9-16-18(19,17-10-12(13,14)15)11-7-5-4-6-8-11/h4-8H,2-3,9-10H2,1H3. The first-order chi connectivity index (χ1) is 8.87. The summed E-state index contributed by atoms with van der Waals surface area (Å²) in [6, 6.07) is 9.44. The summed E-state index contributed by atoms with van der Waals surface area (Å²) in [4.78, 5) is 0. The molecule has 1 unspecified atom stereocenters. The smallest absolute Gasteiger partial charge is 0.219 e. The van der Waals surface area contributed by atoms with Gasteiger partial charge in [0, 0.05) is 5.30 Å². The monoisotopic (exact) mass is 360 g/mol. The van der Waals surface area contributed by atoms with Crippen molar-refractivity contribution in [2.45, 2.75) is 23.6 Å². The molecule has 0 radical (unpaired) electrons. The Hall–Kier alpha value is 0.660. The lowest BCUT2D eigenvalue weighted by atomic mass is 10.4. The predicted molar refractivity (Wildman–Crippen MR) is 87.5 cm³/mol. The summed E-state index contributed by atoms with van der Waals surface area (Å²) >= 11 is 22.7. The van der Waals surface area contributed by atoms with Crippen molar-refractivity contribution in [3.8, 4) is 0 Å². The van der Waals surface area contributed by atoms with Crippen LogP contribution in [0.15, 0.2) is 30.3 Å². The van der Waals surface area contributed by atoms with E-state index in [1.807, 2.05) is 30.3 Å². The SMILES string of the molecule is CCCCOP(=S)(OCC(Cl)(Cl)Cl)c1ccccc1. The van der Waals surface area contributed by atoms with E-state index in [2.05, 4.69) is 6.92 Å². The maximum absolute atomic E-state index is 5.78. The van der Waals surface area contributed by atoms with Crippen molar-refractivity contribution in [2.75, 3.05) is 13.2 Å². The lowest BCUT2D eigenvalue weighted by Crippen LogP contribution is -2.17. The van der Waals surface area contributed by atoms with Crippen molar-refractivity contribution >= 4 is 58.4 Å². The topological polar surface area (TPSA) is 18.5 Å². The molecule has 108 valence electrons. The van der Waals surface area contributed by atoms with Gasteiger partial charge in [0.25, 0.3) is 0 Å². The first-order valence-corrected chi connectivity index (χ1v) is 9.66. The van der Waals surface area contributed by atoms with E-state index < -0.39 is 10.3 Å². The Kier molecular flexibility index (Phi) is 7.63. The lowest BCUT2D eigenvalue weighted by Gasteiger charge is -2.24. The van der Waals surface area contributed by atoms with Crippen LogP contribution >= 0.6 is 41.3 Å². The summed E-state index contributed by atoms with van der Waals surface area (Å²) in [5.41, 5.74) is 0. The van der Waals surface area contributed by atoms with Gasteiger partial charge >= 0.3 is 0 Å². The van der Waals surface area contributed by atoms with Crippen molar-refractivity contribution in [1.82, 2.24) is 0 Å². The van der Waals surface area contributed by atoms with Crippen LogP contribution in [-0.4, -0.2) is 17.0 Å². The maximum atomic E-state index is 5.78. The Morgan fingerprint density at radius 1 is 1.16 bits per heavy atom. The molecule has 1 aromatic carbocycles. The Labute approximate surface area is 134 Å². The second-order valence-electron chi connectivity index (χ2n) is 3.91. The van der Waals surface area contributed by atoms with Crippen molar-refractivity contribution in [3.05, 3.63) is 30.3 Å². The molecule has 0 saturated heterocycles. The molecule has 0 heterocycles. The largest absolute Gasteiger partial charge is 0.326 e. The third kappa shape index (κ3) is 6.77. The second kappa shape index (κ2) is 8.19. The minimum Gasteiger partial charge on any atom is -0.326 e. The third-order valence-electron chi connectivity index (χ3n) is 2.23. The maximum Gasteiger partial charge on any atom is 0.219 e. The molecule has 1 aromatic rings. The molecule has 0 aliphatic heterocycles. The Morgan fingerprint density at radius 2 is 1.79 bits per heavy atom. The van der Waals surface area contributed by atoms with Crippen LogP contribution in [0, 0.1) is 0 Å². The molecule has 19 heavy (non-hydrogen) atoms. The molecule has 0 bridgehead atoms. The molecule has 0 saturated carbocycles. The fourth-order valence-electron chi connectivity index (χ4n) is 1.28. The number of hydrogen-bond acceptors (Lipinski definition) is 3. The van der Waals surface area contributed by atoms with E-state index in [4.69, 9.17) is 55.7 Å². The first-order valence-electron chi connectivity index (χ1n) is 5.89. The zero-order chi connectivity index (χ0) is 14.4.